The number of fused-ring (bicyclic) bond motifs is 5. The lowest BCUT2D eigenvalue weighted by molar-refractivity contribution is 0.198. The van der Waals surface area contributed by atoms with Crippen molar-refractivity contribution in [2.45, 2.75) is 56.1 Å². The molecule has 2 bridgehead atoms. The van der Waals surface area contributed by atoms with Crippen molar-refractivity contribution < 1.29 is 22.3 Å². The van der Waals surface area contributed by atoms with Gasteiger partial charge in [-0.15, -0.1) is 5.10 Å². The van der Waals surface area contributed by atoms with Gasteiger partial charge in [-0.2, -0.15) is 5.10 Å². The Bertz CT molecular complexity index is 1410. The largest absolute Gasteiger partial charge is 0.392 e. The van der Waals surface area contributed by atoms with E-state index in [-0.39, 0.29) is 28.7 Å². The third kappa shape index (κ3) is 3.49. The molecule has 0 amide bonds. The van der Waals surface area contributed by atoms with Crippen LogP contribution in [0.5, 0.6) is 0 Å². The van der Waals surface area contributed by atoms with Crippen LogP contribution in [0, 0.1) is 17.0 Å². The number of aliphatic hydroxyl groups is 1. The molecule has 2 aliphatic carbocycles. The number of aromatic nitrogens is 3. The van der Waals surface area contributed by atoms with Crippen LogP contribution >= 0.6 is 0 Å². The van der Waals surface area contributed by atoms with Crippen LogP contribution in [0.1, 0.15) is 56.5 Å². The van der Waals surface area contributed by atoms with Crippen molar-refractivity contribution in [3.8, 4) is 11.3 Å². The highest BCUT2D eigenvalue weighted by Gasteiger charge is 2.65. The first-order valence-corrected chi connectivity index (χ1v) is 12.9. The number of hydrogen-bond acceptors (Lipinski definition) is 6. The summed E-state index contributed by atoms with van der Waals surface area (Å²) in [5.41, 5.74) is 0.899. The van der Waals surface area contributed by atoms with E-state index < -0.39 is 38.6 Å². The van der Waals surface area contributed by atoms with E-state index in [9.17, 15) is 22.3 Å². The van der Waals surface area contributed by atoms with E-state index in [2.05, 4.69) is 33.8 Å². The highest BCUT2D eigenvalue weighted by molar-refractivity contribution is 7.89. The third-order valence-electron chi connectivity index (χ3n) is 7.61. The zero-order valence-electron chi connectivity index (χ0n) is 19.6. The van der Waals surface area contributed by atoms with Gasteiger partial charge in [-0.3, -0.25) is 0 Å². The Labute approximate surface area is 202 Å². The summed E-state index contributed by atoms with van der Waals surface area (Å²) in [6.07, 6.45) is 0.646. The maximum Gasteiger partial charge on any atom is 0.258 e. The molecule has 0 spiro atoms. The summed E-state index contributed by atoms with van der Waals surface area (Å²) in [7, 11) is -3.94. The second-order valence-electron chi connectivity index (χ2n) is 9.91. The molecule has 0 radical (unpaired) electrons. The predicted molar refractivity (Wildman–Crippen MR) is 125 cm³/mol. The van der Waals surface area contributed by atoms with Crippen LogP contribution in [0.2, 0.25) is 0 Å². The average molecular weight is 501 g/mol. The smallest absolute Gasteiger partial charge is 0.258 e. The van der Waals surface area contributed by atoms with Gasteiger partial charge in [0.1, 0.15) is 11.6 Å². The van der Waals surface area contributed by atoms with Gasteiger partial charge in [-0.1, -0.05) is 26.0 Å². The Balaban J connectivity index is 1.63. The molecule has 1 aromatic carbocycles. The quantitative estimate of drug-likeness (QED) is 0.535. The molecule has 7 nitrogen and oxygen atoms in total. The number of hydrogen-bond donors (Lipinski definition) is 2. The summed E-state index contributed by atoms with van der Waals surface area (Å²) in [5, 5.41) is 18.0. The molecule has 2 N–H and O–H groups in total. The maximum absolute atomic E-state index is 14.4. The summed E-state index contributed by atoms with van der Waals surface area (Å²) in [4.78, 5) is 4.56. The van der Waals surface area contributed by atoms with Gasteiger partial charge < -0.3 is 5.11 Å². The van der Waals surface area contributed by atoms with E-state index in [4.69, 9.17) is 0 Å². The monoisotopic (exact) mass is 500 g/mol. The van der Waals surface area contributed by atoms with E-state index in [1.165, 1.54) is 31.2 Å². The minimum absolute atomic E-state index is 0.0389. The van der Waals surface area contributed by atoms with Crippen molar-refractivity contribution in [2.24, 2.45) is 5.41 Å². The molecule has 1 saturated carbocycles. The number of pyridine rings is 1. The van der Waals surface area contributed by atoms with Crippen molar-refractivity contribution in [3.63, 3.8) is 0 Å². The number of halogens is 2. The number of nitrogens with one attached hydrogen (secondary N) is 1. The van der Waals surface area contributed by atoms with Gasteiger partial charge in [0.2, 0.25) is 0 Å². The fraction of sp³-hybridized carbons (Fsp3) is 0.400. The van der Waals surface area contributed by atoms with Crippen LogP contribution in [0.4, 0.5) is 8.78 Å². The first-order valence-electron chi connectivity index (χ1n) is 11.5. The predicted octanol–water partition coefficient (Wildman–Crippen LogP) is 3.68. The number of aliphatic hydroxyl groups excluding tert-OH is 1. The topological polar surface area (TPSA) is 105 Å². The molecular formula is C25H26F2N4O3S. The molecule has 184 valence electrons. The third-order valence-corrected chi connectivity index (χ3v) is 8.93. The summed E-state index contributed by atoms with van der Waals surface area (Å²) in [6.45, 7) is 5.53. The van der Waals surface area contributed by atoms with E-state index in [0.29, 0.717) is 17.8 Å². The Morgan fingerprint density at radius 2 is 1.83 bits per heavy atom. The lowest BCUT2D eigenvalue weighted by Gasteiger charge is -2.37. The number of sulfonamides is 1. The highest BCUT2D eigenvalue weighted by atomic mass is 32.2. The number of nitrogens with zero attached hydrogens (tertiary/aromatic N) is 3. The normalized spacial score (nSPS) is 23.3. The molecule has 1 fully saturated rings. The lowest BCUT2D eigenvalue weighted by atomic mass is 9.66. The molecule has 0 aliphatic heterocycles. The summed E-state index contributed by atoms with van der Waals surface area (Å²) in [5.74, 6) is -1.38. The van der Waals surface area contributed by atoms with Gasteiger partial charge in [0, 0.05) is 6.54 Å². The highest BCUT2D eigenvalue weighted by Crippen LogP contribution is 2.69. The molecule has 5 rings (SSSR count). The summed E-state index contributed by atoms with van der Waals surface area (Å²) < 4.78 is 56.8. The van der Waals surface area contributed by atoms with Crippen molar-refractivity contribution >= 4 is 10.0 Å². The molecule has 2 aromatic heterocycles. The second-order valence-corrected chi connectivity index (χ2v) is 11.6. The minimum Gasteiger partial charge on any atom is -0.392 e. The van der Waals surface area contributed by atoms with Crippen molar-refractivity contribution in [3.05, 3.63) is 71.1 Å². The SMILES string of the molecule is C[C@H](O)CNS(=O)(=O)c1cccc([C@]23CC[C@@H](c4cc(-c5c(F)cccc5F)nnc42)C3(C)C)n1. The molecule has 2 aliphatic rings. The first kappa shape index (κ1) is 23.9. The van der Waals surface area contributed by atoms with Crippen LogP contribution in [0.25, 0.3) is 11.3 Å². The van der Waals surface area contributed by atoms with Crippen LogP contribution in [-0.2, 0) is 15.4 Å². The fourth-order valence-corrected chi connectivity index (χ4v) is 6.95. The molecule has 0 unspecified atom stereocenters. The number of rotatable bonds is 6. The van der Waals surface area contributed by atoms with Crippen molar-refractivity contribution in [1.29, 1.82) is 0 Å². The summed E-state index contributed by atoms with van der Waals surface area (Å²) >= 11 is 0. The molecule has 3 aromatic rings. The molecular weight excluding hydrogens is 474 g/mol. The Morgan fingerprint density at radius 3 is 2.51 bits per heavy atom. The molecule has 35 heavy (non-hydrogen) atoms. The Morgan fingerprint density at radius 1 is 1.14 bits per heavy atom. The maximum atomic E-state index is 14.4. The molecule has 2 heterocycles. The van der Waals surface area contributed by atoms with Crippen LogP contribution in [0.3, 0.4) is 0 Å². The van der Waals surface area contributed by atoms with E-state index in [1.54, 1.807) is 18.2 Å². The van der Waals surface area contributed by atoms with E-state index in [0.717, 1.165) is 12.0 Å². The van der Waals surface area contributed by atoms with Gasteiger partial charge in [-0.25, -0.2) is 26.9 Å². The zero-order chi connectivity index (χ0) is 25.2. The van der Waals surface area contributed by atoms with Crippen LogP contribution < -0.4 is 4.72 Å². The van der Waals surface area contributed by atoms with Gasteiger partial charge in [-0.05, 0) is 67.0 Å². The van der Waals surface area contributed by atoms with Gasteiger partial charge >= 0.3 is 0 Å². The zero-order valence-corrected chi connectivity index (χ0v) is 20.4. The fourth-order valence-electron chi connectivity index (χ4n) is 5.86. The van der Waals surface area contributed by atoms with Crippen LogP contribution in [-0.4, -0.2) is 41.4 Å². The van der Waals surface area contributed by atoms with E-state index in [1.807, 2.05) is 0 Å². The van der Waals surface area contributed by atoms with Gasteiger partial charge in [0.05, 0.1) is 34.2 Å². The number of benzene rings is 1. The van der Waals surface area contributed by atoms with E-state index >= 15 is 0 Å². The minimum atomic E-state index is -3.94. The second kappa shape index (κ2) is 8.11. The molecule has 10 heteroatoms. The first-order chi connectivity index (χ1) is 16.5. The van der Waals surface area contributed by atoms with Crippen molar-refractivity contribution in [2.75, 3.05) is 6.54 Å². The molecule has 0 saturated heterocycles. The van der Waals surface area contributed by atoms with Crippen LogP contribution in [0.15, 0.2) is 47.5 Å². The van der Waals surface area contributed by atoms with Crippen molar-refractivity contribution in [1.82, 2.24) is 19.9 Å². The summed E-state index contributed by atoms with van der Waals surface area (Å²) in [6, 6.07) is 10.2. The Kier molecular flexibility index (Phi) is 5.54. The Hall–Kier alpha value is -2.82. The standard InChI is InChI=1S/C25H26F2N4O3S/c1-14(32)13-28-35(33,34)21-9-5-8-20(29-21)25-11-10-16(24(25,2)3)15-12-19(30-31-23(15)25)22-17(26)6-4-7-18(22)27/h4-9,12,14,16,28,32H,10-11,13H2,1-3H3/t14-,16-,25+/m0/s1. The van der Waals surface area contributed by atoms with Gasteiger partial charge in [0.25, 0.3) is 10.0 Å². The van der Waals surface area contributed by atoms with Gasteiger partial charge in [0.15, 0.2) is 5.03 Å². The average Bonchev–Trinajstić information content (AvgIpc) is 3.19. The lowest BCUT2D eigenvalue weighted by Crippen LogP contribution is -2.38. The molecule has 3 atom stereocenters.